The molecule has 0 bridgehead atoms. The minimum Gasteiger partial charge on any atom is -0.385 e. The van der Waals surface area contributed by atoms with Crippen LogP contribution in [0.3, 0.4) is 0 Å². The second-order valence-corrected chi connectivity index (χ2v) is 5.53. The maximum Gasteiger partial charge on any atom is 0.246 e. The third kappa shape index (κ3) is 3.95. The largest absolute Gasteiger partial charge is 0.385 e. The monoisotopic (exact) mass is 284 g/mol. The SMILES string of the molecule is CCCC1NC(=O)C(CCC)N(C(C)CCOC)C1=O. The molecule has 0 radical (unpaired) electrons. The number of carbonyl (C=O) groups is 2. The van der Waals surface area contributed by atoms with E-state index in [2.05, 4.69) is 5.32 Å². The molecule has 1 fully saturated rings. The predicted molar refractivity (Wildman–Crippen MR) is 78.3 cm³/mol. The Labute approximate surface area is 122 Å². The average Bonchev–Trinajstić information content (AvgIpc) is 2.42. The molecule has 3 atom stereocenters. The van der Waals surface area contributed by atoms with Gasteiger partial charge in [0.2, 0.25) is 11.8 Å². The van der Waals surface area contributed by atoms with Gasteiger partial charge in [-0.1, -0.05) is 26.7 Å². The fourth-order valence-corrected chi connectivity index (χ4v) is 2.77. The van der Waals surface area contributed by atoms with Crippen LogP contribution in [0.1, 0.15) is 52.9 Å². The number of ether oxygens (including phenoxy) is 1. The lowest BCUT2D eigenvalue weighted by molar-refractivity contribution is -0.152. The zero-order valence-electron chi connectivity index (χ0n) is 13.1. The van der Waals surface area contributed by atoms with Crippen molar-refractivity contribution in [3.05, 3.63) is 0 Å². The van der Waals surface area contributed by atoms with E-state index in [9.17, 15) is 9.59 Å². The lowest BCUT2D eigenvalue weighted by atomic mass is 9.97. The molecule has 20 heavy (non-hydrogen) atoms. The summed E-state index contributed by atoms with van der Waals surface area (Å²) >= 11 is 0. The van der Waals surface area contributed by atoms with Crippen molar-refractivity contribution in [3.63, 3.8) is 0 Å². The number of nitrogens with zero attached hydrogens (tertiary/aromatic N) is 1. The van der Waals surface area contributed by atoms with E-state index in [1.807, 2.05) is 20.8 Å². The van der Waals surface area contributed by atoms with Gasteiger partial charge in [-0.15, -0.1) is 0 Å². The maximum absolute atomic E-state index is 12.6. The summed E-state index contributed by atoms with van der Waals surface area (Å²) in [5, 5.41) is 2.88. The second kappa shape index (κ2) is 8.25. The molecule has 1 saturated heterocycles. The number of rotatable bonds is 8. The van der Waals surface area contributed by atoms with E-state index in [-0.39, 0.29) is 29.9 Å². The molecule has 2 amide bonds. The van der Waals surface area contributed by atoms with Crippen LogP contribution in [0.2, 0.25) is 0 Å². The van der Waals surface area contributed by atoms with Crippen molar-refractivity contribution in [2.24, 2.45) is 0 Å². The molecule has 5 nitrogen and oxygen atoms in total. The Bertz CT molecular complexity index is 333. The molecule has 0 aromatic heterocycles. The fraction of sp³-hybridized carbons (Fsp3) is 0.867. The van der Waals surface area contributed by atoms with Crippen molar-refractivity contribution >= 4 is 11.8 Å². The third-order valence-electron chi connectivity index (χ3n) is 3.86. The minimum atomic E-state index is -0.356. The summed E-state index contributed by atoms with van der Waals surface area (Å²) in [6, 6.07) is -0.650. The first-order valence-electron chi connectivity index (χ1n) is 7.68. The van der Waals surface area contributed by atoms with E-state index in [4.69, 9.17) is 4.74 Å². The molecule has 1 aliphatic rings. The second-order valence-electron chi connectivity index (χ2n) is 5.53. The Hall–Kier alpha value is -1.10. The first kappa shape index (κ1) is 17.0. The van der Waals surface area contributed by atoms with Gasteiger partial charge in [-0.3, -0.25) is 9.59 Å². The zero-order valence-corrected chi connectivity index (χ0v) is 13.1. The molecule has 1 aliphatic heterocycles. The summed E-state index contributed by atoms with van der Waals surface area (Å²) in [4.78, 5) is 26.7. The van der Waals surface area contributed by atoms with E-state index < -0.39 is 0 Å². The quantitative estimate of drug-likeness (QED) is 0.738. The molecule has 1 rings (SSSR count). The molecule has 1 heterocycles. The highest BCUT2D eigenvalue weighted by atomic mass is 16.5. The molecule has 0 aromatic rings. The van der Waals surface area contributed by atoms with Crippen molar-refractivity contribution in [2.45, 2.75) is 71.0 Å². The first-order valence-corrected chi connectivity index (χ1v) is 7.68. The molecular formula is C15H28N2O3. The van der Waals surface area contributed by atoms with Crippen molar-refractivity contribution in [2.75, 3.05) is 13.7 Å². The normalized spacial score (nSPS) is 24.7. The number of nitrogens with one attached hydrogen (secondary N) is 1. The van der Waals surface area contributed by atoms with Gasteiger partial charge in [0.25, 0.3) is 0 Å². The topological polar surface area (TPSA) is 58.6 Å². The van der Waals surface area contributed by atoms with Gasteiger partial charge in [0, 0.05) is 19.8 Å². The van der Waals surface area contributed by atoms with Crippen molar-refractivity contribution in [1.29, 1.82) is 0 Å². The van der Waals surface area contributed by atoms with Crippen molar-refractivity contribution in [3.8, 4) is 0 Å². The third-order valence-corrected chi connectivity index (χ3v) is 3.86. The van der Waals surface area contributed by atoms with Crippen LogP contribution >= 0.6 is 0 Å². The van der Waals surface area contributed by atoms with Crippen LogP contribution in [-0.2, 0) is 14.3 Å². The molecule has 0 aromatic carbocycles. The van der Waals surface area contributed by atoms with E-state index >= 15 is 0 Å². The van der Waals surface area contributed by atoms with Gasteiger partial charge in [0.1, 0.15) is 12.1 Å². The van der Waals surface area contributed by atoms with Gasteiger partial charge >= 0.3 is 0 Å². The smallest absolute Gasteiger partial charge is 0.246 e. The van der Waals surface area contributed by atoms with E-state index in [0.29, 0.717) is 19.4 Å². The molecular weight excluding hydrogens is 256 g/mol. The molecule has 0 spiro atoms. The molecule has 3 unspecified atom stereocenters. The van der Waals surface area contributed by atoms with Crippen LogP contribution in [-0.4, -0.2) is 48.6 Å². The molecule has 1 N–H and O–H groups in total. The summed E-state index contributed by atoms with van der Waals surface area (Å²) in [6.07, 6.45) is 3.95. The van der Waals surface area contributed by atoms with Crippen molar-refractivity contribution < 1.29 is 14.3 Å². The standard InChI is InChI=1S/C15H28N2O3/c1-5-7-12-15(19)17(11(3)9-10-20-4)13(8-6-2)14(18)16-12/h11-13H,5-10H2,1-4H3,(H,16,18). The highest BCUT2D eigenvalue weighted by molar-refractivity contribution is 5.97. The lowest BCUT2D eigenvalue weighted by Gasteiger charge is -2.42. The Morgan fingerprint density at radius 1 is 1.25 bits per heavy atom. The number of piperazine rings is 1. The Morgan fingerprint density at radius 2 is 1.90 bits per heavy atom. The summed E-state index contributed by atoms with van der Waals surface area (Å²) < 4.78 is 5.10. The fourth-order valence-electron chi connectivity index (χ4n) is 2.77. The van der Waals surface area contributed by atoms with E-state index in [1.165, 1.54) is 0 Å². The number of hydrogen-bond acceptors (Lipinski definition) is 3. The van der Waals surface area contributed by atoms with Crippen LogP contribution < -0.4 is 5.32 Å². The first-order chi connectivity index (χ1) is 9.56. The van der Waals surface area contributed by atoms with Gasteiger partial charge in [0.15, 0.2) is 0 Å². The van der Waals surface area contributed by atoms with Crippen LogP contribution in [0.25, 0.3) is 0 Å². The van der Waals surface area contributed by atoms with Gasteiger partial charge in [0.05, 0.1) is 0 Å². The zero-order chi connectivity index (χ0) is 15.1. The van der Waals surface area contributed by atoms with Crippen molar-refractivity contribution in [1.82, 2.24) is 10.2 Å². The molecule has 5 heteroatoms. The number of hydrogen-bond donors (Lipinski definition) is 1. The minimum absolute atomic E-state index is 0.00540. The van der Waals surface area contributed by atoms with E-state index in [0.717, 1.165) is 19.3 Å². The summed E-state index contributed by atoms with van der Waals surface area (Å²) in [7, 11) is 1.65. The predicted octanol–water partition coefficient (Wildman–Crippen LogP) is 1.71. The lowest BCUT2D eigenvalue weighted by Crippen LogP contribution is -2.65. The Morgan fingerprint density at radius 3 is 2.45 bits per heavy atom. The highest BCUT2D eigenvalue weighted by Crippen LogP contribution is 2.21. The van der Waals surface area contributed by atoms with Gasteiger partial charge in [-0.05, 0) is 26.2 Å². The average molecular weight is 284 g/mol. The number of carbonyl (C=O) groups excluding carboxylic acids is 2. The van der Waals surface area contributed by atoms with Gasteiger partial charge in [-0.25, -0.2) is 0 Å². The van der Waals surface area contributed by atoms with E-state index in [1.54, 1.807) is 12.0 Å². The summed E-state index contributed by atoms with van der Waals surface area (Å²) in [6.45, 7) is 6.66. The van der Waals surface area contributed by atoms with Crippen LogP contribution in [0.5, 0.6) is 0 Å². The maximum atomic E-state index is 12.6. The summed E-state index contributed by atoms with van der Waals surface area (Å²) in [5.41, 5.74) is 0. The van der Waals surface area contributed by atoms with Gasteiger partial charge in [-0.2, -0.15) is 0 Å². The highest BCUT2D eigenvalue weighted by Gasteiger charge is 2.41. The summed E-state index contributed by atoms with van der Waals surface area (Å²) in [5.74, 6) is 0.0580. The van der Waals surface area contributed by atoms with Crippen LogP contribution in [0, 0.1) is 0 Å². The van der Waals surface area contributed by atoms with Crippen LogP contribution in [0.4, 0.5) is 0 Å². The Kier molecular flexibility index (Phi) is 6.99. The number of amides is 2. The van der Waals surface area contributed by atoms with Gasteiger partial charge < -0.3 is 15.0 Å². The molecule has 116 valence electrons. The Balaban J connectivity index is 2.88. The number of methoxy groups -OCH3 is 1. The molecule has 0 aliphatic carbocycles. The van der Waals surface area contributed by atoms with Crippen LogP contribution in [0.15, 0.2) is 0 Å². The molecule has 0 saturated carbocycles.